The number of carbonyl (C=O) groups is 2. The van der Waals surface area contributed by atoms with Crippen molar-refractivity contribution in [1.82, 2.24) is 19.8 Å². The summed E-state index contributed by atoms with van der Waals surface area (Å²) >= 11 is 0. The highest BCUT2D eigenvalue weighted by Gasteiger charge is 2.22. The van der Waals surface area contributed by atoms with Gasteiger partial charge in [-0.2, -0.15) is 0 Å². The third-order valence-electron chi connectivity index (χ3n) is 4.62. The van der Waals surface area contributed by atoms with Gasteiger partial charge >= 0.3 is 0 Å². The molecule has 2 aromatic rings. The van der Waals surface area contributed by atoms with Crippen LogP contribution in [0.3, 0.4) is 0 Å². The smallest absolute Gasteiger partial charge is 0.243 e. The third-order valence-corrected chi connectivity index (χ3v) is 4.62. The molecule has 0 radical (unpaired) electrons. The lowest BCUT2D eigenvalue weighted by Crippen LogP contribution is -2.38. The van der Waals surface area contributed by atoms with E-state index in [-0.39, 0.29) is 24.4 Å². The molecular formula is C19H24N4O2. The molecular weight excluding hydrogens is 316 g/mol. The highest BCUT2D eigenvalue weighted by Crippen LogP contribution is 2.21. The number of nitrogens with zero attached hydrogens (tertiary/aromatic N) is 3. The summed E-state index contributed by atoms with van der Waals surface area (Å²) in [6, 6.07) is 7.41. The van der Waals surface area contributed by atoms with Crippen LogP contribution < -0.4 is 5.32 Å². The molecule has 3 rings (SSSR count). The van der Waals surface area contributed by atoms with Gasteiger partial charge in [0.2, 0.25) is 11.8 Å². The van der Waals surface area contributed by atoms with E-state index in [2.05, 4.69) is 16.9 Å². The normalized spacial score (nSPS) is 15.8. The Morgan fingerprint density at radius 3 is 2.72 bits per heavy atom. The number of nitrogens with one attached hydrogen (secondary N) is 1. The number of carbonyl (C=O) groups excluding carboxylic acids is 2. The van der Waals surface area contributed by atoms with Gasteiger partial charge in [0.05, 0.1) is 17.1 Å². The Morgan fingerprint density at radius 2 is 2.00 bits per heavy atom. The summed E-state index contributed by atoms with van der Waals surface area (Å²) in [6.07, 6.45) is 4.56. The van der Waals surface area contributed by atoms with Crippen molar-refractivity contribution in [2.45, 2.75) is 38.8 Å². The van der Waals surface area contributed by atoms with Gasteiger partial charge in [0.1, 0.15) is 12.4 Å². The van der Waals surface area contributed by atoms with Crippen molar-refractivity contribution in [2.24, 2.45) is 0 Å². The predicted molar refractivity (Wildman–Crippen MR) is 96.9 cm³/mol. The molecule has 0 spiro atoms. The maximum atomic E-state index is 12.7. The molecule has 1 saturated heterocycles. The van der Waals surface area contributed by atoms with Crippen LogP contribution in [-0.4, -0.2) is 39.4 Å². The fraction of sp³-hybridized carbons (Fsp3) is 0.421. The minimum atomic E-state index is -0.313. The average molecular weight is 340 g/mol. The summed E-state index contributed by atoms with van der Waals surface area (Å²) in [7, 11) is 0. The second kappa shape index (κ2) is 7.51. The first-order valence-corrected chi connectivity index (χ1v) is 8.76. The number of hydrogen-bond acceptors (Lipinski definition) is 3. The van der Waals surface area contributed by atoms with Crippen molar-refractivity contribution < 1.29 is 9.59 Å². The zero-order valence-electron chi connectivity index (χ0n) is 14.6. The number of rotatable bonds is 5. The lowest BCUT2D eigenvalue weighted by molar-refractivity contribution is -0.132. The van der Waals surface area contributed by atoms with Gasteiger partial charge in [0.25, 0.3) is 0 Å². The molecule has 0 saturated carbocycles. The Bertz CT molecular complexity index is 790. The minimum absolute atomic E-state index is 0.103. The van der Waals surface area contributed by atoms with E-state index in [0.29, 0.717) is 5.82 Å². The van der Waals surface area contributed by atoms with Crippen LogP contribution in [0.25, 0.3) is 11.0 Å². The van der Waals surface area contributed by atoms with E-state index in [9.17, 15) is 9.59 Å². The van der Waals surface area contributed by atoms with E-state index >= 15 is 0 Å². The minimum Gasteiger partial charge on any atom is -0.343 e. The second-order valence-electron chi connectivity index (χ2n) is 6.42. The molecule has 6 nitrogen and oxygen atoms in total. The van der Waals surface area contributed by atoms with Crippen LogP contribution in [0.5, 0.6) is 0 Å². The Balaban J connectivity index is 1.91. The molecule has 1 aromatic carbocycles. The fourth-order valence-electron chi connectivity index (χ4n) is 3.31. The number of imidazole rings is 1. The standard InChI is InChI=1S/C19H24N4O2/c1-3-17(24)20-14(2)19-21-15-9-5-6-10-16(15)23(19)13-18(25)22-11-7-4-8-12-22/h3,5-6,9-10,14H,1,4,7-8,11-13H2,2H3,(H,20,24). The zero-order valence-corrected chi connectivity index (χ0v) is 14.6. The molecule has 1 aromatic heterocycles. The van der Waals surface area contributed by atoms with E-state index in [1.54, 1.807) is 0 Å². The number of aromatic nitrogens is 2. The fourth-order valence-corrected chi connectivity index (χ4v) is 3.31. The summed E-state index contributed by atoms with van der Waals surface area (Å²) in [6.45, 7) is 7.23. The summed E-state index contributed by atoms with van der Waals surface area (Å²) in [5, 5.41) is 2.83. The Labute approximate surface area is 147 Å². The average Bonchev–Trinajstić information content (AvgIpc) is 3.01. The van der Waals surface area contributed by atoms with Crippen LogP contribution in [0, 0.1) is 0 Å². The molecule has 1 atom stereocenters. The first kappa shape index (κ1) is 17.2. The number of piperidine rings is 1. The maximum absolute atomic E-state index is 12.7. The maximum Gasteiger partial charge on any atom is 0.243 e. The molecule has 1 aliphatic heterocycles. The first-order chi connectivity index (χ1) is 12.1. The molecule has 2 heterocycles. The van der Waals surface area contributed by atoms with Crippen LogP contribution in [-0.2, 0) is 16.1 Å². The largest absolute Gasteiger partial charge is 0.343 e. The Morgan fingerprint density at radius 1 is 1.28 bits per heavy atom. The summed E-state index contributed by atoms with van der Waals surface area (Å²) in [4.78, 5) is 31.0. The van der Waals surface area contributed by atoms with Gasteiger partial charge in [-0.15, -0.1) is 0 Å². The van der Waals surface area contributed by atoms with Crippen molar-refractivity contribution in [3.05, 3.63) is 42.7 Å². The number of benzene rings is 1. The van der Waals surface area contributed by atoms with Gasteiger partial charge in [-0.05, 0) is 44.4 Å². The number of amides is 2. The molecule has 0 bridgehead atoms. The molecule has 1 aliphatic rings. The van der Waals surface area contributed by atoms with Gasteiger partial charge in [-0.25, -0.2) is 4.98 Å². The zero-order chi connectivity index (χ0) is 17.8. The van der Waals surface area contributed by atoms with E-state index in [4.69, 9.17) is 0 Å². The molecule has 1 N–H and O–H groups in total. The lowest BCUT2D eigenvalue weighted by atomic mass is 10.1. The van der Waals surface area contributed by atoms with E-state index in [1.165, 1.54) is 12.5 Å². The van der Waals surface area contributed by atoms with Crippen molar-refractivity contribution in [2.75, 3.05) is 13.1 Å². The molecule has 132 valence electrons. The van der Waals surface area contributed by atoms with E-state index in [1.807, 2.05) is 40.7 Å². The number of likely N-dealkylation sites (tertiary alicyclic amines) is 1. The predicted octanol–water partition coefficient (Wildman–Crippen LogP) is 2.41. The molecule has 1 unspecified atom stereocenters. The summed E-state index contributed by atoms with van der Waals surface area (Å²) in [5.74, 6) is 0.529. The number of hydrogen-bond donors (Lipinski definition) is 1. The third kappa shape index (κ3) is 3.73. The summed E-state index contributed by atoms with van der Waals surface area (Å²) in [5.41, 5.74) is 1.73. The van der Waals surface area contributed by atoms with Gasteiger partial charge in [0.15, 0.2) is 0 Å². The van der Waals surface area contributed by atoms with Gasteiger partial charge < -0.3 is 14.8 Å². The Kier molecular flexibility index (Phi) is 5.16. The Hall–Kier alpha value is -2.63. The molecule has 2 amide bonds. The highest BCUT2D eigenvalue weighted by atomic mass is 16.2. The molecule has 1 fully saturated rings. The quantitative estimate of drug-likeness (QED) is 0.850. The highest BCUT2D eigenvalue weighted by molar-refractivity contribution is 5.87. The van der Waals surface area contributed by atoms with Crippen molar-refractivity contribution in [1.29, 1.82) is 0 Å². The first-order valence-electron chi connectivity index (χ1n) is 8.76. The van der Waals surface area contributed by atoms with Crippen LogP contribution in [0.15, 0.2) is 36.9 Å². The lowest BCUT2D eigenvalue weighted by Gasteiger charge is -2.27. The number of para-hydroxylation sites is 2. The van der Waals surface area contributed by atoms with E-state index in [0.717, 1.165) is 37.0 Å². The summed E-state index contributed by atoms with van der Waals surface area (Å²) < 4.78 is 1.92. The SMILES string of the molecule is C=CC(=O)NC(C)c1nc2ccccc2n1CC(=O)N1CCCCC1. The molecule has 25 heavy (non-hydrogen) atoms. The van der Waals surface area contributed by atoms with E-state index < -0.39 is 0 Å². The molecule has 0 aliphatic carbocycles. The van der Waals surface area contributed by atoms with Crippen LogP contribution in [0.2, 0.25) is 0 Å². The number of fused-ring (bicyclic) bond motifs is 1. The monoisotopic (exact) mass is 340 g/mol. The molecule has 6 heteroatoms. The van der Waals surface area contributed by atoms with Gasteiger partial charge in [0, 0.05) is 13.1 Å². The van der Waals surface area contributed by atoms with Gasteiger partial charge in [-0.3, -0.25) is 9.59 Å². The van der Waals surface area contributed by atoms with Crippen LogP contribution in [0.4, 0.5) is 0 Å². The van der Waals surface area contributed by atoms with Gasteiger partial charge in [-0.1, -0.05) is 18.7 Å². The van der Waals surface area contributed by atoms with Crippen LogP contribution in [0.1, 0.15) is 38.1 Å². The van der Waals surface area contributed by atoms with Crippen LogP contribution >= 0.6 is 0 Å². The van der Waals surface area contributed by atoms with Crippen molar-refractivity contribution >= 4 is 22.8 Å². The topological polar surface area (TPSA) is 67.2 Å². The second-order valence-corrected chi connectivity index (χ2v) is 6.42. The van der Waals surface area contributed by atoms with Crippen molar-refractivity contribution in [3.63, 3.8) is 0 Å². The van der Waals surface area contributed by atoms with Crippen molar-refractivity contribution in [3.8, 4) is 0 Å².